The van der Waals surface area contributed by atoms with E-state index in [4.69, 9.17) is 5.26 Å². The lowest BCUT2D eigenvalue weighted by Gasteiger charge is -2.06. The van der Waals surface area contributed by atoms with Gasteiger partial charge in [0.25, 0.3) is 10.0 Å². The molecule has 7 heteroatoms. The van der Waals surface area contributed by atoms with Crippen molar-refractivity contribution in [1.82, 2.24) is 4.98 Å². The Hall–Kier alpha value is -1.91. The van der Waals surface area contributed by atoms with Crippen molar-refractivity contribution in [2.45, 2.75) is 11.1 Å². The summed E-state index contributed by atoms with van der Waals surface area (Å²) < 4.78 is 26.6. The Balaban J connectivity index is 2.30. The molecule has 0 aromatic carbocycles. The number of rotatable bonds is 3. The van der Waals surface area contributed by atoms with E-state index < -0.39 is 10.0 Å². The summed E-state index contributed by atoms with van der Waals surface area (Å²) in [7, 11) is -3.63. The number of hydrogen-bond donors (Lipinski definition) is 1. The maximum absolute atomic E-state index is 12.0. The Kier molecular flexibility index (Phi) is 3.32. The normalized spacial score (nSPS) is 10.9. The standard InChI is InChI=1S/C11H9N3O2S2/c1-8-6-9(4-5-13-8)14-18(15,16)11-3-2-10(7-12)17-11/h2-6H,1H3,(H,13,14). The molecule has 0 amide bonds. The third kappa shape index (κ3) is 2.67. The van der Waals surface area contributed by atoms with E-state index in [1.807, 2.05) is 6.07 Å². The first kappa shape index (κ1) is 12.5. The molecule has 5 nitrogen and oxygen atoms in total. The minimum atomic E-state index is -3.63. The van der Waals surface area contributed by atoms with Crippen molar-refractivity contribution in [2.24, 2.45) is 0 Å². The van der Waals surface area contributed by atoms with Gasteiger partial charge in [-0.15, -0.1) is 11.3 Å². The van der Waals surface area contributed by atoms with Crippen molar-refractivity contribution in [3.05, 3.63) is 41.0 Å². The van der Waals surface area contributed by atoms with Crippen LogP contribution in [-0.2, 0) is 10.0 Å². The first-order valence-electron chi connectivity index (χ1n) is 4.97. The van der Waals surface area contributed by atoms with Gasteiger partial charge < -0.3 is 0 Å². The van der Waals surface area contributed by atoms with E-state index in [9.17, 15) is 8.42 Å². The summed E-state index contributed by atoms with van der Waals surface area (Å²) in [6.07, 6.45) is 1.53. The van der Waals surface area contributed by atoms with Crippen molar-refractivity contribution in [3.8, 4) is 6.07 Å². The highest BCUT2D eigenvalue weighted by Crippen LogP contribution is 2.23. The minimum absolute atomic E-state index is 0.119. The van der Waals surface area contributed by atoms with Crippen LogP contribution in [0.5, 0.6) is 0 Å². The number of anilines is 1. The van der Waals surface area contributed by atoms with E-state index in [2.05, 4.69) is 9.71 Å². The molecule has 0 aliphatic carbocycles. The number of sulfonamides is 1. The smallest absolute Gasteiger partial charge is 0.271 e. The van der Waals surface area contributed by atoms with Crippen LogP contribution in [0.1, 0.15) is 10.6 Å². The van der Waals surface area contributed by atoms with E-state index in [0.29, 0.717) is 10.6 Å². The highest BCUT2D eigenvalue weighted by atomic mass is 32.2. The summed E-state index contributed by atoms with van der Waals surface area (Å²) in [5.74, 6) is 0. The van der Waals surface area contributed by atoms with Crippen LogP contribution in [0.3, 0.4) is 0 Å². The van der Waals surface area contributed by atoms with E-state index in [0.717, 1.165) is 17.0 Å². The monoisotopic (exact) mass is 279 g/mol. The number of hydrogen-bond acceptors (Lipinski definition) is 5. The third-order valence-corrected chi connectivity index (χ3v) is 4.97. The first-order valence-corrected chi connectivity index (χ1v) is 7.26. The molecule has 0 atom stereocenters. The second-order valence-electron chi connectivity index (χ2n) is 3.52. The SMILES string of the molecule is Cc1cc(NS(=O)(=O)c2ccc(C#N)s2)ccn1. The van der Waals surface area contributed by atoms with Crippen molar-refractivity contribution in [3.63, 3.8) is 0 Å². The molecule has 0 spiro atoms. The molecule has 0 saturated carbocycles. The zero-order chi connectivity index (χ0) is 13.2. The topological polar surface area (TPSA) is 82.9 Å². The predicted octanol–water partition coefficient (Wildman–Crippen LogP) is 2.12. The molecule has 0 radical (unpaired) electrons. The zero-order valence-electron chi connectivity index (χ0n) is 9.41. The molecule has 18 heavy (non-hydrogen) atoms. The van der Waals surface area contributed by atoms with Crippen LogP contribution in [0.25, 0.3) is 0 Å². The van der Waals surface area contributed by atoms with Gasteiger partial charge in [-0.2, -0.15) is 5.26 Å². The lowest BCUT2D eigenvalue weighted by molar-refractivity contribution is 0.603. The van der Waals surface area contributed by atoms with E-state index in [1.54, 1.807) is 19.1 Å². The summed E-state index contributed by atoms with van der Waals surface area (Å²) in [5.41, 5.74) is 1.17. The van der Waals surface area contributed by atoms with Crippen molar-refractivity contribution >= 4 is 27.0 Å². The maximum Gasteiger partial charge on any atom is 0.271 e. The molecule has 1 N–H and O–H groups in total. The average Bonchev–Trinajstić information content (AvgIpc) is 2.77. The van der Waals surface area contributed by atoms with Gasteiger partial charge in [0.05, 0.1) is 5.69 Å². The fourth-order valence-electron chi connectivity index (χ4n) is 1.34. The number of pyridine rings is 1. The Bertz CT molecular complexity index is 714. The molecule has 2 rings (SSSR count). The molecular weight excluding hydrogens is 270 g/mol. The molecule has 0 aliphatic heterocycles. The number of nitrogens with one attached hydrogen (secondary N) is 1. The number of nitriles is 1. The van der Waals surface area contributed by atoms with E-state index in [1.165, 1.54) is 18.3 Å². The van der Waals surface area contributed by atoms with Crippen molar-refractivity contribution in [2.75, 3.05) is 4.72 Å². The summed E-state index contributed by atoms with van der Waals surface area (Å²) >= 11 is 0.936. The number of aromatic nitrogens is 1. The molecule has 0 fully saturated rings. The highest BCUT2D eigenvalue weighted by Gasteiger charge is 2.17. The van der Waals surface area contributed by atoms with Crippen LogP contribution in [0.2, 0.25) is 0 Å². The highest BCUT2D eigenvalue weighted by molar-refractivity contribution is 7.94. The first-order chi connectivity index (χ1) is 8.51. The molecule has 0 unspecified atom stereocenters. The van der Waals surface area contributed by atoms with E-state index in [-0.39, 0.29) is 4.21 Å². The second-order valence-corrected chi connectivity index (χ2v) is 6.51. The fraction of sp³-hybridized carbons (Fsp3) is 0.0909. The van der Waals surface area contributed by atoms with Gasteiger partial charge in [0.1, 0.15) is 15.2 Å². The zero-order valence-corrected chi connectivity index (χ0v) is 11.0. The molecule has 0 aliphatic rings. The Morgan fingerprint density at radius 1 is 1.39 bits per heavy atom. The fourth-order valence-corrected chi connectivity index (χ4v) is 3.49. The van der Waals surface area contributed by atoms with Gasteiger partial charge in [-0.1, -0.05) is 0 Å². The molecule has 0 saturated heterocycles. The summed E-state index contributed by atoms with van der Waals surface area (Å²) in [4.78, 5) is 4.35. The van der Waals surface area contributed by atoms with Gasteiger partial charge in [-0.3, -0.25) is 9.71 Å². The number of aryl methyl sites for hydroxylation is 1. The third-order valence-electron chi connectivity index (χ3n) is 2.11. The predicted molar refractivity (Wildman–Crippen MR) is 68.8 cm³/mol. The van der Waals surface area contributed by atoms with Crippen LogP contribution >= 0.6 is 11.3 Å². The van der Waals surface area contributed by atoms with Crippen LogP contribution in [-0.4, -0.2) is 13.4 Å². The van der Waals surface area contributed by atoms with Crippen LogP contribution in [0.15, 0.2) is 34.7 Å². The van der Waals surface area contributed by atoms with Crippen molar-refractivity contribution < 1.29 is 8.42 Å². The van der Waals surface area contributed by atoms with Crippen LogP contribution in [0, 0.1) is 18.3 Å². The van der Waals surface area contributed by atoms with Gasteiger partial charge in [0, 0.05) is 11.9 Å². The molecule has 2 heterocycles. The number of nitrogens with zero attached hydrogens (tertiary/aromatic N) is 2. The van der Waals surface area contributed by atoms with Gasteiger partial charge in [-0.25, -0.2) is 8.42 Å². The van der Waals surface area contributed by atoms with Crippen molar-refractivity contribution in [1.29, 1.82) is 5.26 Å². The maximum atomic E-state index is 12.0. The number of thiophene rings is 1. The molecule has 0 bridgehead atoms. The van der Waals surface area contributed by atoms with Gasteiger partial charge in [0.2, 0.25) is 0 Å². The minimum Gasteiger partial charge on any atom is -0.279 e. The summed E-state index contributed by atoms with van der Waals surface area (Å²) in [6, 6.07) is 8.02. The van der Waals surface area contributed by atoms with Gasteiger partial charge in [0.15, 0.2) is 0 Å². The molecule has 2 aromatic rings. The Labute approximate surface area is 109 Å². The van der Waals surface area contributed by atoms with Gasteiger partial charge >= 0.3 is 0 Å². The average molecular weight is 279 g/mol. The second kappa shape index (κ2) is 4.76. The van der Waals surface area contributed by atoms with Crippen LogP contribution in [0.4, 0.5) is 5.69 Å². The molecule has 92 valence electrons. The Morgan fingerprint density at radius 3 is 2.78 bits per heavy atom. The lowest BCUT2D eigenvalue weighted by atomic mass is 10.3. The van der Waals surface area contributed by atoms with Gasteiger partial charge in [-0.05, 0) is 31.2 Å². The largest absolute Gasteiger partial charge is 0.279 e. The Morgan fingerprint density at radius 2 is 2.17 bits per heavy atom. The lowest BCUT2D eigenvalue weighted by Crippen LogP contribution is -2.11. The quantitative estimate of drug-likeness (QED) is 0.932. The summed E-state index contributed by atoms with van der Waals surface area (Å²) in [5, 5.41) is 8.68. The van der Waals surface area contributed by atoms with E-state index >= 15 is 0 Å². The molecule has 2 aromatic heterocycles. The summed E-state index contributed by atoms with van der Waals surface area (Å²) in [6.45, 7) is 1.77. The molecular formula is C11H9N3O2S2. The van der Waals surface area contributed by atoms with Crippen LogP contribution < -0.4 is 4.72 Å².